The van der Waals surface area contributed by atoms with E-state index >= 15 is 0 Å². The Bertz CT molecular complexity index is 879. The molecule has 0 unspecified atom stereocenters. The Balaban J connectivity index is 1.89. The van der Waals surface area contributed by atoms with Crippen LogP contribution in [0, 0.1) is 0 Å². The summed E-state index contributed by atoms with van der Waals surface area (Å²) in [5.41, 5.74) is 0.305. The zero-order valence-electron chi connectivity index (χ0n) is 16.6. The maximum atomic E-state index is 12.3. The van der Waals surface area contributed by atoms with E-state index in [0.717, 1.165) is 11.3 Å². The van der Waals surface area contributed by atoms with Crippen molar-refractivity contribution in [3.05, 3.63) is 29.8 Å². The van der Waals surface area contributed by atoms with Gasteiger partial charge in [0.15, 0.2) is 4.34 Å². The van der Waals surface area contributed by atoms with Crippen molar-refractivity contribution in [2.75, 3.05) is 23.0 Å². The number of urea groups is 1. The molecule has 9 nitrogen and oxygen atoms in total. The number of nitrogens with one attached hydrogen (secondary N) is 3. The first kappa shape index (κ1) is 22.6. The molecule has 3 amide bonds. The second kappa shape index (κ2) is 10.2. The van der Waals surface area contributed by atoms with Crippen LogP contribution >= 0.6 is 23.1 Å². The molecule has 0 atom stereocenters. The summed E-state index contributed by atoms with van der Waals surface area (Å²) in [5, 5.41) is 16.2. The van der Waals surface area contributed by atoms with E-state index in [2.05, 4.69) is 26.1 Å². The van der Waals surface area contributed by atoms with Gasteiger partial charge in [-0.15, -0.1) is 10.2 Å². The summed E-state index contributed by atoms with van der Waals surface area (Å²) in [6.45, 7) is 7.57. The normalized spacial score (nSPS) is 10.9. The number of thioether (sulfide) groups is 1. The quantitative estimate of drug-likeness (QED) is 0.345. The van der Waals surface area contributed by atoms with E-state index in [1.165, 1.54) is 11.8 Å². The van der Waals surface area contributed by atoms with Crippen LogP contribution in [-0.2, 0) is 9.53 Å². The minimum absolute atomic E-state index is 0.0694. The minimum atomic E-state index is -0.496. The number of ether oxygens (including phenoxy) is 1. The van der Waals surface area contributed by atoms with Gasteiger partial charge in [-0.2, -0.15) is 0 Å². The molecule has 0 aliphatic carbocycles. The van der Waals surface area contributed by atoms with Crippen molar-refractivity contribution < 1.29 is 19.1 Å². The molecule has 156 valence electrons. The fourth-order valence-corrected chi connectivity index (χ4v) is 3.63. The number of esters is 1. The minimum Gasteiger partial charge on any atom is -0.462 e. The molecule has 3 N–H and O–H groups in total. The van der Waals surface area contributed by atoms with E-state index in [0.29, 0.717) is 20.7 Å². The van der Waals surface area contributed by atoms with Crippen molar-refractivity contribution in [1.82, 2.24) is 15.5 Å². The van der Waals surface area contributed by atoms with E-state index < -0.39 is 5.97 Å². The zero-order chi connectivity index (χ0) is 21.4. The van der Waals surface area contributed by atoms with E-state index in [-0.39, 0.29) is 29.8 Å². The van der Waals surface area contributed by atoms with E-state index in [1.807, 2.05) is 20.8 Å². The number of carbonyl (C=O) groups is 3. The standard InChI is InChI=1S/C18H23N5O4S2/c1-5-27-14(25)11-8-6-7-9-12(11)19-13(24)10-28-17-23-22-16(29-17)20-15(26)21-18(2,3)4/h6-9H,5,10H2,1-4H3,(H,19,24)(H2,20,21,22,26). The lowest BCUT2D eigenvalue weighted by Crippen LogP contribution is -2.43. The number of anilines is 2. The van der Waals surface area contributed by atoms with Gasteiger partial charge >= 0.3 is 12.0 Å². The number of carbonyl (C=O) groups excluding carboxylic acids is 3. The number of para-hydroxylation sites is 1. The smallest absolute Gasteiger partial charge is 0.340 e. The number of nitrogens with zero attached hydrogens (tertiary/aromatic N) is 2. The van der Waals surface area contributed by atoms with Crippen molar-refractivity contribution in [3.63, 3.8) is 0 Å². The van der Waals surface area contributed by atoms with E-state index in [4.69, 9.17) is 4.74 Å². The summed E-state index contributed by atoms with van der Waals surface area (Å²) < 4.78 is 5.52. The lowest BCUT2D eigenvalue weighted by molar-refractivity contribution is -0.113. The Labute approximate surface area is 177 Å². The van der Waals surface area contributed by atoms with Crippen LogP contribution in [0.4, 0.5) is 15.6 Å². The van der Waals surface area contributed by atoms with E-state index in [1.54, 1.807) is 31.2 Å². The molecule has 29 heavy (non-hydrogen) atoms. The lowest BCUT2D eigenvalue weighted by atomic mass is 10.1. The third kappa shape index (κ3) is 7.70. The maximum Gasteiger partial charge on any atom is 0.340 e. The molecule has 0 fully saturated rings. The predicted molar refractivity (Wildman–Crippen MR) is 114 cm³/mol. The van der Waals surface area contributed by atoms with Crippen LogP contribution in [0.5, 0.6) is 0 Å². The van der Waals surface area contributed by atoms with Gasteiger partial charge in [-0.05, 0) is 39.8 Å². The van der Waals surface area contributed by atoms with E-state index in [9.17, 15) is 14.4 Å². The first-order valence-electron chi connectivity index (χ1n) is 8.79. The summed E-state index contributed by atoms with van der Waals surface area (Å²) in [6, 6.07) is 6.26. The number of amides is 3. The molecule has 11 heteroatoms. The Kier molecular flexibility index (Phi) is 7.97. The molecule has 1 aromatic heterocycles. The molecule has 1 heterocycles. The largest absolute Gasteiger partial charge is 0.462 e. The highest BCUT2D eigenvalue weighted by atomic mass is 32.2. The molecule has 0 saturated heterocycles. The average Bonchev–Trinajstić information content (AvgIpc) is 3.06. The van der Waals surface area contributed by atoms with Gasteiger partial charge < -0.3 is 15.4 Å². The molecule has 0 aliphatic heterocycles. The molecular weight excluding hydrogens is 414 g/mol. The molecule has 0 spiro atoms. The van der Waals surface area contributed by atoms with Crippen LogP contribution in [0.25, 0.3) is 0 Å². The Morgan fingerprint density at radius 2 is 1.86 bits per heavy atom. The van der Waals surface area contributed by atoms with Gasteiger partial charge in [0.1, 0.15) is 0 Å². The fraction of sp³-hybridized carbons (Fsp3) is 0.389. The van der Waals surface area contributed by atoms with Gasteiger partial charge in [0, 0.05) is 5.54 Å². The van der Waals surface area contributed by atoms with Gasteiger partial charge in [-0.1, -0.05) is 35.2 Å². The molecule has 2 rings (SSSR count). The Morgan fingerprint density at radius 3 is 2.55 bits per heavy atom. The SMILES string of the molecule is CCOC(=O)c1ccccc1NC(=O)CSc1nnc(NC(=O)NC(C)(C)C)s1. The van der Waals surface area contributed by atoms with Crippen molar-refractivity contribution in [2.24, 2.45) is 0 Å². The number of hydrogen-bond acceptors (Lipinski definition) is 8. The average molecular weight is 438 g/mol. The molecule has 0 bridgehead atoms. The zero-order valence-corrected chi connectivity index (χ0v) is 18.2. The van der Waals surface area contributed by atoms with Gasteiger partial charge in [0.25, 0.3) is 0 Å². The van der Waals surface area contributed by atoms with Crippen LogP contribution in [0.15, 0.2) is 28.6 Å². The summed E-state index contributed by atoms with van der Waals surface area (Å²) in [5.74, 6) is -0.730. The van der Waals surface area contributed by atoms with Crippen LogP contribution in [0.2, 0.25) is 0 Å². The second-order valence-electron chi connectivity index (χ2n) is 6.81. The fourth-order valence-electron chi connectivity index (χ4n) is 2.08. The highest BCUT2D eigenvalue weighted by Gasteiger charge is 2.17. The second-order valence-corrected chi connectivity index (χ2v) is 9.01. The van der Waals surface area contributed by atoms with Crippen molar-refractivity contribution in [1.29, 1.82) is 0 Å². The first-order valence-corrected chi connectivity index (χ1v) is 10.6. The number of hydrogen-bond donors (Lipinski definition) is 3. The van der Waals surface area contributed by atoms with Gasteiger partial charge in [-0.25, -0.2) is 9.59 Å². The topological polar surface area (TPSA) is 122 Å². The molecule has 0 aliphatic rings. The molecular formula is C18H23N5O4S2. The summed E-state index contributed by atoms with van der Waals surface area (Å²) >= 11 is 2.34. The van der Waals surface area contributed by atoms with Crippen LogP contribution < -0.4 is 16.0 Å². The van der Waals surface area contributed by atoms with Crippen LogP contribution in [0.3, 0.4) is 0 Å². The van der Waals surface area contributed by atoms with Gasteiger partial charge in [-0.3, -0.25) is 10.1 Å². The highest BCUT2D eigenvalue weighted by Crippen LogP contribution is 2.26. The lowest BCUT2D eigenvalue weighted by Gasteiger charge is -2.19. The monoisotopic (exact) mass is 437 g/mol. The molecule has 2 aromatic rings. The predicted octanol–water partition coefficient (Wildman–Crippen LogP) is 3.37. The van der Waals surface area contributed by atoms with Crippen molar-refractivity contribution in [2.45, 2.75) is 37.6 Å². The summed E-state index contributed by atoms with van der Waals surface area (Å²) in [7, 11) is 0. The Hall–Kier alpha value is -2.66. The summed E-state index contributed by atoms with van der Waals surface area (Å²) in [4.78, 5) is 36.1. The summed E-state index contributed by atoms with van der Waals surface area (Å²) in [6.07, 6.45) is 0. The van der Waals surface area contributed by atoms with Crippen LogP contribution in [0.1, 0.15) is 38.1 Å². The third-order valence-corrected chi connectivity index (χ3v) is 5.11. The van der Waals surface area contributed by atoms with Crippen LogP contribution in [-0.4, -0.2) is 46.0 Å². The number of benzene rings is 1. The molecule has 0 radical (unpaired) electrons. The maximum absolute atomic E-state index is 12.3. The molecule has 1 aromatic carbocycles. The number of rotatable bonds is 7. The molecule has 0 saturated carbocycles. The van der Waals surface area contributed by atoms with Gasteiger partial charge in [0.05, 0.1) is 23.6 Å². The number of aromatic nitrogens is 2. The van der Waals surface area contributed by atoms with Crippen molar-refractivity contribution in [3.8, 4) is 0 Å². The first-order chi connectivity index (χ1) is 13.7. The van der Waals surface area contributed by atoms with Gasteiger partial charge in [0.2, 0.25) is 11.0 Å². The Morgan fingerprint density at radius 1 is 1.14 bits per heavy atom. The highest BCUT2D eigenvalue weighted by molar-refractivity contribution is 8.01. The van der Waals surface area contributed by atoms with Crippen molar-refractivity contribution >= 4 is 51.8 Å². The third-order valence-electron chi connectivity index (χ3n) is 3.14.